The van der Waals surface area contributed by atoms with Crippen LogP contribution in [0.2, 0.25) is 0 Å². The zero-order chi connectivity index (χ0) is 14.8. The number of rotatable bonds is 1. The first kappa shape index (κ1) is 14.7. The lowest BCUT2D eigenvalue weighted by Crippen LogP contribution is -2.37. The van der Waals surface area contributed by atoms with Crippen molar-refractivity contribution in [3.8, 4) is 5.75 Å². The summed E-state index contributed by atoms with van der Waals surface area (Å²) in [7, 11) is 0. The second kappa shape index (κ2) is 5.73. The molecule has 1 aromatic carbocycles. The van der Waals surface area contributed by atoms with Gasteiger partial charge >= 0.3 is 6.09 Å². The third-order valence-corrected chi connectivity index (χ3v) is 3.17. The molecule has 1 amide bonds. The van der Waals surface area contributed by atoms with Crippen LogP contribution in [0.4, 0.5) is 4.79 Å². The van der Waals surface area contributed by atoms with Gasteiger partial charge in [0.05, 0.1) is 13.1 Å². The minimum Gasteiger partial charge on any atom is -0.491 e. The van der Waals surface area contributed by atoms with E-state index in [0.29, 0.717) is 19.7 Å². The van der Waals surface area contributed by atoms with Crippen molar-refractivity contribution in [1.29, 1.82) is 0 Å². The number of nitrogens with zero attached hydrogens (tertiary/aromatic N) is 1. The fraction of sp³-hybridized carbons (Fsp3) is 0.562. The maximum absolute atomic E-state index is 12.1. The monoisotopic (exact) mass is 277 g/mol. The van der Waals surface area contributed by atoms with Gasteiger partial charge in [-0.15, -0.1) is 0 Å². The standard InChI is InChI=1S/C16H23NO3/c1-5-12-6-7-13-11-17(8-9-19-14(13)10-12)15(18)20-16(2,3)4/h6-7,10H,5,8-9,11H2,1-4H3. The molecule has 4 nitrogen and oxygen atoms in total. The maximum atomic E-state index is 12.1. The maximum Gasteiger partial charge on any atom is 0.410 e. The summed E-state index contributed by atoms with van der Waals surface area (Å²) < 4.78 is 11.2. The Kier molecular flexibility index (Phi) is 4.21. The molecule has 0 spiro atoms. The highest BCUT2D eigenvalue weighted by Gasteiger charge is 2.25. The van der Waals surface area contributed by atoms with Gasteiger partial charge in [-0.1, -0.05) is 19.1 Å². The van der Waals surface area contributed by atoms with Crippen LogP contribution in [0.25, 0.3) is 0 Å². The van der Waals surface area contributed by atoms with Crippen LogP contribution in [0.1, 0.15) is 38.8 Å². The highest BCUT2D eigenvalue weighted by molar-refractivity contribution is 5.68. The molecule has 0 fully saturated rings. The Morgan fingerprint density at radius 1 is 1.40 bits per heavy atom. The van der Waals surface area contributed by atoms with E-state index in [9.17, 15) is 4.79 Å². The number of hydrogen-bond donors (Lipinski definition) is 0. The van der Waals surface area contributed by atoms with Crippen LogP contribution in [-0.4, -0.2) is 29.7 Å². The van der Waals surface area contributed by atoms with Gasteiger partial charge in [0, 0.05) is 5.56 Å². The second-order valence-corrected chi connectivity index (χ2v) is 6.05. The van der Waals surface area contributed by atoms with Gasteiger partial charge in [-0.05, 0) is 38.8 Å². The summed E-state index contributed by atoms with van der Waals surface area (Å²) in [5, 5.41) is 0. The Morgan fingerprint density at radius 2 is 2.15 bits per heavy atom. The van der Waals surface area contributed by atoms with Gasteiger partial charge in [0.15, 0.2) is 0 Å². The van der Waals surface area contributed by atoms with E-state index in [1.54, 1.807) is 4.90 Å². The molecule has 0 aromatic heterocycles. The SMILES string of the molecule is CCc1ccc2c(c1)OCCN(C(=O)OC(C)(C)C)C2. The van der Waals surface area contributed by atoms with Crippen LogP contribution in [0.5, 0.6) is 5.75 Å². The van der Waals surface area contributed by atoms with E-state index in [4.69, 9.17) is 9.47 Å². The fourth-order valence-corrected chi connectivity index (χ4v) is 2.12. The molecule has 0 bridgehead atoms. The Morgan fingerprint density at radius 3 is 2.80 bits per heavy atom. The van der Waals surface area contributed by atoms with Crippen molar-refractivity contribution in [3.63, 3.8) is 0 Å². The van der Waals surface area contributed by atoms with E-state index < -0.39 is 5.60 Å². The topological polar surface area (TPSA) is 38.8 Å². The average Bonchev–Trinajstić information content (AvgIpc) is 2.57. The van der Waals surface area contributed by atoms with Gasteiger partial charge in [0.1, 0.15) is 18.0 Å². The summed E-state index contributed by atoms with van der Waals surface area (Å²) in [5.74, 6) is 0.885. The number of hydrogen-bond acceptors (Lipinski definition) is 3. The third kappa shape index (κ3) is 3.65. The smallest absolute Gasteiger partial charge is 0.410 e. The number of amides is 1. The van der Waals surface area contributed by atoms with E-state index in [1.165, 1.54) is 5.56 Å². The lowest BCUT2D eigenvalue weighted by Gasteiger charge is -2.26. The predicted molar refractivity (Wildman–Crippen MR) is 78.0 cm³/mol. The van der Waals surface area contributed by atoms with E-state index in [0.717, 1.165) is 17.7 Å². The Labute approximate surface area is 120 Å². The summed E-state index contributed by atoms with van der Waals surface area (Å²) in [6, 6.07) is 6.19. The number of fused-ring (bicyclic) bond motifs is 1. The summed E-state index contributed by atoms with van der Waals surface area (Å²) in [6.07, 6.45) is 0.695. The zero-order valence-corrected chi connectivity index (χ0v) is 12.7. The van der Waals surface area contributed by atoms with Crippen LogP contribution in [-0.2, 0) is 17.7 Å². The van der Waals surface area contributed by atoms with Gasteiger partial charge in [0.2, 0.25) is 0 Å². The van der Waals surface area contributed by atoms with Gasteiger partial charge < -0.3 is 14.4 Å². The number of carbonyl (C=O) groups is 1. The molecule has 2 rings (SSSR count). The predicted octanol–water partition coefficient (Wildman–Crippen LogP) is 3.38. The summed E-state index contributed by atoms with van der Waals surface area (Å²) in [5.41, 5.74) is 1.80. The van der Waals surface area contributed by atoms with Gasteiger partial charge in [-0.25, -0.2) is 4.79 Å². The summed E-state index contributed by atoms with van der Waals surface area (Å²) in [6.45, 7) is 9.33. The molecule has 110 valence electrons. The third-order valence-electron chi connectivity index (χ3n) is 3.17. The minimum absolute atomic E-state index is 0.284. The molecular formula is C16H23NO3. The molecule has 0 N–H and O–H groups in total. The Balaban J connectivity index is 2.14. The first-order chi connectivity index (χ1) is 9.39. The fourth-order valence-electron chi connectivity index (χ4n) is 2.12. The van der Waals surface area contributed by atoms with Crippen LogP contribution in [0.15, 0.2) is 18.2 Å². The van der Waals surface area contributed by atoms with Crippen molar-refractivity contribution < 1.29 is 14.3 Å². The molecule has 0 unspecified atom stereocenters. The van der Waals surface area contributed by atoms with Gasteiger partial charge in [0.25, 0.3) is 0 Å². The van der Waals surface area contributed by atoms with Crippen molar-refractivity contribution in [2.45, 2.75) is 46.3 Å². The summed E-state index contributed by atoms with van der Waals surface area (Å²) >= 11 is 0. The van der Waals surface area contributed by atoms with E-state index in [2.05, 4.69) is 19.1 Å². The molecule has 20 heavy (non-hydrogen) atoms. The quantitative estimate of drug-likeness (QED) is 0.790. The van der Waals surface area contributed by atoms with Crippen LogP contribution in [0, 0.1) is 0 Å². The molecule has 1 aromatic rings. The van der Waals surface area contributed by atoms with Gasteiger partial charge in [-0.2, -0.15) is 0 Å². The second-order valence-electron chi connectivity index (χ2n) is 6.05. The van der Waals surface area contributed by atoms with E-state index >= 15 is 0 Å². The molecule has 0 saturated heterocycles. The summed E-state index contributed by atoms with van der Waals surface area (Å²) in [4.78, 5) is 13.8. The average molecular weight is 277 g/mol. The number of aryl methyl sites for hydroxylation is 1. The lowest BCUT2D eigenvalue weighted by atomic mass is 10.1. The largest absolute Gasteiger partial charge is 0.491 e. The number of ether oxygens (including phenoxy) is 2. The van der Waals surface area contributed by atoms with Crippen molar-refractivity contribution >= 4 is 6.09 Å². The van der Waals surface area contributed by atoms with Gasteiger partial charge in [-0.3, -0.25) is 0 Å². The first-order valence-corrected chi connectivity index (χ1v) is 7.11. The minimum atomic E-state index is -0.473. The molecule has 1 aliphatic heterocycles. The number of benzene rings is 1. The molecule has 1 heterocycles. The lowest BCUT2D eigenvalue weighted by molar-refractivity contribution is 0.0225. The highest BCUT2D eigenvalue weighted by Crippen LogP contribution is 2.25. The van der Waals surface area contributed by atoms with Crippen LogP contribution < -0.4 is 4.74 Å². The van der Waals surface area contributed by atoms with Crippen molar-refractivity contribution in [1.82, 2.24) is 4.90 Å². The van der Waals surface area contributed by atoms with Crippen molar-refractivity contribution in [2.24, 2.45) is 0 Å². The normalized spacial score (nSPS) is 15.1. The van der Waals surface area contributed by atoms with Crippen LogP contribution >= 0.6 is 0 Å². The zero-order valence-electron chi connectivity index (χ0n) is 12.7. The molecule has 0 atom stereocenters. The Hall–Kier alpha value is -1.71. The molecular weight excluding hydrogens is 254 g/mol. The van der Waals surface area contributed by atoms with Crippen molar-refractivity contribution in [2.75, 3.05) is 13.2 Å². The van der Waals surface area contributed by atoms with Crippen molar-refractivity contribution in [3.05, 3.63) is 29.3 Å². The van der Waals surface area contributed by atoms with E-state index in [-0.39, 0.29) is 6.09 Å². The molecule has 1 aliphatic rings. The van der Waals surface area contributed by atoms with E-state index in [1.807, 2.05) is 26.8 Å². The van der Waals surface area contributed by atoms with Crippen LogP contribution in [0.3, 0.4) is 0 Å². The molecule has 0 aliphatic carbocycles. The Bertz CT molecular complexity index is 491. The molecule has 0 radical (unpaired) electrons. The molecule has 4 heteroatoms. The number of carbonyl (C=O) groups excluding carboxylic acids is 1. The molecule has 0 saturated carbocycles. The first-order valence-electron chi connectivity index (χ1n) is 7.11. The highest BCUT2D eigenvalue weighted by atomic mass is 16.6.